The van der Waals surface area contributed by atoms with Crippen LogP contribution in [-0.2, 0) is 4.79 Å². The van der Waals surface area contributed by atoms with Crippen molar-refractivity contribution in [1.29, 1.82) is 0 Å². The summed E-state index contributed by atoms with van der Waals surface area (Å²) >= 11 is 0. The zero-order valence-electron chi connectivity index (χ0n) is 9.91. The molecule has 1 heterocycles. The standard InChI is InChI=1S/C11H23N3O/c1-10(15)13(2)9-11-5-3-4-7-14(11)8-6-12/h11H,3-9,12H2,1-2H3/t11-/m1/s1. The molecule has 4 nitrogen and oxygen atoms in total. The van der Waals surface area contributed by atoms with Gasteiger partial charge in [-0.1, -0.05) is 6.42 Å². The molecule has 1 amide bonds. The maximum Gasteiger partial charge on any atom is 0.219 e. The summed E-state index contributed by atoms with van der Waals surface area (Å²) in [5.41, 5.74) is 5.59. The van der Waals surface area contributed by atoms with Gasteiger partial charge in [0.2, 0.25) is 5.91 Å². The lowest BCUT2D eigenvalue weighted by Gasteiger charge is -2.37. The van der Waals surface area contributed by atoms with E-state index in [-0.39, 0.29) is 5.91 Å². The second-order valence-electron chi connectivity index (χ2n) is 4.37. The molecule has 88 valence electrons. The highest BCUT2D eigenvalue weighted by Gasteiger charge is 2.23. The van der Waals surface area contributed by atoms with Gasteiger partial charge in [-0.3, -0.25) is 9.69 Å². The zero-order chi connectivity index (χ0) is 11.3. The summed E-state index contributed by atoms with van der Waals surface area (Å²) in [5, 5.41) is 0. The lowest BCUT2D eigenvalue weighted by molar-refractivity contribution is -0.128. The first-order chi connectivity index (χ1) is 7.15. The summed E-state index contributed by atoms with van der Waals surface area (Å²) < 4.78 is 0. The van der Waals surface area contributed by atoms with E-state index in [1.807, 2.05) is 7.05 Å². The van der Waals surface area contributed by atoms with Crippen LogP contribution in [0.4, 0.5) is 0 Å². The molecule has 0 aliphatic carbocycles. The van der Waals surface area contributed by atoms with Crippen molar-refractivity contribution in [1.82, 2.24) is 9.80 Å². The average molecular weight is 213 g/mol. The molecule has 1 aliphatic rings. The van der Waals surface area contributed by atoms with Gasteiger partial charge in [0, 0.05) is 39.6 Å². The van der Waals surface area contributed by atoms with E-state index in [0.29, 0.717) is 12.6 Å². The highest BCUT2D eigenvalue weighted by atomic mass is 16.2. The third kappa shape index (κ3) is 3.80. The fraction of sp³-hybridized carbons (Fsp3) is 0.909. The van der Waals surface area contributed by atoms with Gasteiger partial charge < -0.3 is 10.6 Å². The minimum atomic E-state index is 0.147. The molecule has 1 aliphatic heterocycles. The molecule has 0 radical (unpaired) electrons. The molecule has 1 saturated heterocycles. The van der Waals surface area contributed by atoms with E-state index < -0.39 is 0 Å². The van der Waals surface area contributed by atoms with Crippen LogP contribution in [-0.4, -0.2) is 55.0 Å². The number of likely N-dealkylation sites (tertiary alicyclic amines) is 1. The molecule has 1 atom stereocenters. The molecule has 0 saturated carbocycles. The van der Waals surface area contributed by atoms with E-state index in [1.165, 1.54) is 19.3 Å². The molecular formula is C11H23N3O. The molecule has 0 aromatic carbocycles. The molecule has 1 rings (SSSR count). The van der Waals surface area contributed by atoms with E-state index >= 15 is 0 Å². The van der Waals surface area contributed by atoms with Gasteiger partial charge in [0.05, 0.1) is 0 Å². The zero-order valence-corrected chi connectivity index (χ0v) is 9.91. The van der Waals surface area contributed by atoms with Gasteiger partial charge in [0.1, 0.15) is 0 Å². The van der Waals surface area contributed by atoms with Crippen LogP contribution in [0.15, 0.2) is 0 Å². The number of carbonyl (C=O) groups excluding carboxylic acids is 1. The number of hydrogen-bond acceptors (Lipinski definition) is 3. The first kappa shape index (κ1) is 12.5. The summed E-state index contributed by atoms with van der Waals surface area (Å²) in [5.74, 6) is 0.147. The Morgan fingerprint density at radius 1 is 1.53 bits per heavy atom. The van der Waals surface area contributed by atoms with Crippen molar-refractivity contribution in [3.63, 3.8) is 0 Å². The highest BCUT2D eigenvalue weighted by molar-refractivity contribution is 5.72. The number of nitrogens with zero attached hydrogens (tertiary/aromatic N) is 2. The number of nitrogens with two attached hydrogens (primary N) is 1. The van der Waals surface area contributed by atoms with Gasteiger partial charge in [-0.15, -0.1) is 0 Å². The van der Waals surface area contributed by atoms with Crippen LogP contribution in [0.5, 0.6) is 0 Å². The van der Waals surface area contributed by atoms with Crippen LogP contribution in [0.1, 0.15) is 26.2 Å². The molecule has 0 aromatic heterocycles. The van der Waals surface area contributed by atoms with Crippen molar-refractivity contribution in [2.75, 3.05) is 33.2 Å². The third-order valence-corrected chi connectivity index (χ3v) is 3.19. The fourth-order valence-corrected chi connectivity index (χ4v) is 2.17. The molecular weight excluding hydrogens is 190 g/mol. The molecule has 4 heteroatoms. The monoisotopic (exact) mass is 213 g/mol. The molecule has 0 unspecified atom stereocenters. The van der Waals surface area contributed by atoms with E-state index in [2.05, 4.69) is 4.90 Å². The lowest BCUT2D eigenvalue weighted by atomic mass is 10.0. The Morgan fingerprint density at radius 3 is 2.87 bits per heavy atom. The van der Waals surface area contributed by atoms with Crippen LogP contribution in [0.2, 0.25) is 0 Å². The summed E-state index contributed by atoms with van der Waals surface area (Å²) in [6.45, 7) is 5.26. The van der Waals surface area contributed by atoms with Gasteiger partial charge in [0.15, 0.2) is 0 Å². The van der Waals surface area contributed by atoms with Crippen molar-refractivity contribution >= 4 is 5.91 Å². The van der Waals surface area contributed by atoms with Crippen LogP contribution in [0, 0.1) is 0 Å². The summed E-state index contributed by atoms with van der Waals surface area (Å²) in [6.07, 6.45) is 3.73. The molecule has 2 N–H and O–H groups in total. The van der Waals surface area contributed by atoms with E-state index in [9.17, 15) is 4.79 Å². The Labute approximate surface area is 92.4 Å². The Morgan fingerprint density at radius 2 is 2.27 bits per heavy atom. The van der Waals surface area contributed by atoms with Crippen molar-refractivity contribution in [3.05, 3.63) is 0 Å². The number of piperidine rings is 1. The molecule has 0 bridgehead atoms. The molecule has 15 heavy (non-hydrogen) atoms. The predicted molar refractivity (Wildman–Crippen MR) is 61.6 cm³/mol. The van der Waals surface area contributed by atoms with Crippen LogP contribution >= 0.6 is 0 Å². The van der Waals surface area contributed by atoms with Crippen LogP contribution < -0.4 is 5.73 Å². The Hall–Kier alpha value is -0.610. The Balaban J connectivity index is 2.45. The van der Waals surface area contributed by atoms with Crippen LogP contribution in [0.3, 0.4) is 0 Å². The molecule has 0 spiro atoms. The quantitative estimate of drug-likeness (QED) is 0.729. The van der Waals surface area contributed by atoms with E-state index in [4.69, 9.17) is 5.73 Å². The number of likely N-dealkylation sites (N-methyl/N-ethyl adjacent to an activating group) is 1. The van der Waals surface area contributed by atoms with E-state index in [0.717, 1.165) is 19.6 Å². The second-order valence-corrected chi connectivity index (χ2v) is 4.37. The van der Waals surface area contributed by atoms with Gasteiger partial charge in [0.25, 0.3) is 0 Å². The molecule has 0 aromatic rings. The van der Waals surface area contributed by atoms with Gasteiger partial charge in [-0.2, -0.15) is 0 Å². The van der Waals surface area contributed by atoms with E-state index in [1.54, 1.807) is 11.8 Å². The van der Waals surface area contributed by atoms with Crippen LogP contribution in [0.25, 0.3) is 0 Å². The number of hydrogen-bond donors (Lipinski definition) is 1. The Bertz CT molecular complexity index is 206. The lowest BCUT2D eigenvalue weighted by Crippen LogP contribution is -2.48. The summed E-state index contributed by atoms with van der Waals surface area (Å²) in [6, 6.07) is 0.510. The predicted octanol–water partition coefficient (Wildman–Crippen LogP) is 0.278. The second kappa shape index (κ2) is 6.08. The number of carbonyl (C=O) groups is 1. The van der Waals surface area contributed by atoms with Gasteiger partial charge in [-0.05, 0) is 19.4 Å². The Kier molecular flexibility index (Phi) is 5.05. The van der Waals surface area contributed by atoms with Gasteiger partial charge in [-0.25, -0.2) is 0 Å². The summed E-state index contributed by atoms with van der Waals surface area (Å²) in [4.78, 5) is 15.4. The maximum atomic E-state index is 11.2. The minimum absolute atomic E-state index is 0.147. The third-order valence-electron chi connectivity index (χ3n) is 3.19. The van der Waals surface area contributed by atoms with Crippen molar-refractivity contribution in [2.45, 2.75) is 32.2 Å². The van der Waals surface area contributed by atoms with Gasteiger partial charge >= 0.3 is 0 Å². The first-order valence-electron chi connectivity index (χ1n) is 5.81. The van der Waals surface area contributed by atoms with Crippen molar-refractivity contribution in [2.24, 2.45) is 5.73 Å². The molecule has 1 fully saturated rings. The highest BCUT2D eigenvalue weighted by Crippen LogP contribution is 2.17. The van der Waals surface area contributed by atoms with Crippen molar-refractivity contribution < 1.29 is 4.79 Å². The topological polar surface area (TPSA) is 49.6 Å². The minimum Gasteiger partial charge on any atom is -0.344 e. The normalized spacial score (nSPS) is 22.7. The fourth-order valence-electron chi connectivity index (χ4n) is 2.17. The smallest absolute Gasteiger partial charge is 0.219 e. The SMILES string of the molecule is CC(=O)N(C)C[C@H]1CCCCN1CCN. The van der Waals surface area contributed by atoms with Crippen molar-refractivity contribution in [3.8, 4) is 0 Å². The number of rotatable bonds is 4. The largest absolute Gasteiger partial charge is 0.344 e. The summed E-state index contributed by atoms with van der Waals surface area (Å²) in [7, 11) is 1.87. The number of amides is 1. The maximum absolute atomic E-state index is 11.2. The first-order valence-corrected chi connectivity index (χ1v) is 5.81. The average Bonchev–Trinajstić information content (AvgIpc) is 2.21.